The van der Waals surface area contributed by atoms with Crippen molar-refractivity contribution in [3.63, 3.8) is 0 Å². The van der Waals surface area contributed by atoms with Gasteiger partial charge in [-0.15, -0.1) is 0 Å². The number of hydrogen-bond donors (Lipinski definition) is 2. The van der Waals surface area contributed by atoms with Crippen LogP contribution < -0.4 is 10.1 Å². The molecule has 1 saturated heterocycles. The Kier molecular flexibility index (Phi) is 3.97. The Bertz CT molecular complexity index is 505. The molecular formula is C16H22N2O3. The average molecular weight is 290 g/mol. The van der Waals surface area contributed by atoms with Gasteiger partial charge in [-0.3, -0.25) is 15.0 Å². The van der Waals surface area contributed by atoms with Crippen LogP contribution in [0.4, 0.5) is 0 Å². The van der Waals surface area contributed by atoms with Crippen LogP contribution in [0, 0.1) is 0 Å². The van der Waals surface area contributed by atoms with Gasteiger partial charge in [-0.1, -0.05) is 12.1 Å². The lowest BCUT2D eigenvalue weighted by Gasteiger charge is -2.32. The summed E-state index contributed by atoms with van der Waals surface area (Å²) in [7, 11) is 1.65. The Labute approximate surface area is 124 Å². The van der Waals surface area contributed by atoms with Crippen molar-refractivity contribution >= 4 is 5.78 Å². The number of benzene rings is 1. The van der Waals surface area contributed by atoms with Crippen LogP contribution in [0.3, 0.4) is 0 Å². The summed E-state index contributed by atoms with van der Waals surface area (Å²) < 4.78 is 5.15. The molecule has 1 heterocycles. The van der Waals surface area contributed by atoms with Crippen LogP contribution in [-0.2, 0) is 11.3 Å². The zero-order valence-corrected chi connectivity index (χ0v) is 12.3. The zero-order chi connectivity index (χ0) is 14.9. The summed E-state index contributed by atoms with van der Waals surface area (Å²) in [5.41, 5.74) is 1.04. The van der Waals surface area contributed by atoms with E-state index in [-0.39, 0.29) is 5.54 Å². The summed E-state index contributed by atoms with van der Waals surface area (Å²) in [6, 6.07) is 7.89. The predicted octanol–water partition coefficient (Wildman–Crippen LogP) is 1.26. The average Bonchev–Trinajstić information content (AvgIpc) is 2.79. The van der Waals surface area contributed by atoms with Crippen LogP contribution in [-0.4, -0.2) is 41.3 Å². The Hall–Kier alpha value is -1.43. The van der Waals surface area contributed by atoms with E-state index in [4.69, 9.17) is 4.74 Å². The molecule has 1 spiro atoms. The summed E-state index contributed by atoms with van der Waals surface area (Å²) in [6.07, 6.45) is 2.25. The van der Waals surface area contributed by atoms with Crippen molar-refractivity contribution in [1.82, 2.24) is 10.2 Å². The maximum absolute atomic E-state index is 11.4. The molecular weight excluding hydrogens is 268 g/mol. The number of ketones is 1. The first-order valence-electron chi connectivity index (χ1n) is 7.45. The van der Waals surface area contributed by atoms with Gasteiger partial charge in [-0.05, 0) is 30.5 Å². The summed E-state index contributed by atoms with van der Waals surface area (Å²) in [5.74, 6) is 1.17. The Morgan fingerprint density at radius 1 is 1.33 bits per heavy atom. The van der Waals surface area contributed by atoms with Crippen LogP contribution in [0.15, 0.2) is 24.3 Å². The van der Waals surface area contributed by atoms with E-state index in [1.165, 1.54) is 0 Å². The lowest BCUT2D eigenvalue weighted by atomic mass is 9.82. The molecule has 0 bridgehead atoms. The molecule has 0 radical (unpaired) electrons. The van der Waals surface area contributed by atoms with Crippen molar-refractivity contribution in [2.24, 2.45) is 0 Å². The molecule has 3 rings (SSSR count). The van der Waals surface area contributed by atoms with Gasteiger partial charge in [-0.25, -0.2) is 0 Å². The molecule has 1 aromatic carbocycles. The molecule has 21 heavy (non-hydrogen) atoms. The van der Waals surface area contributed by atoms with Gasteiger partial charge in [0.1, 0.15) is 11.5 Å². The number of aliphatic hydroxyl groups excluding tert-OH is 1. The topological polar surface area (TPSA) is 61.8 Å². The first kappa shape index (κ1) is 14.5. The van der Waals surface area contributed by atoms with Crippen LogP contribution in [0.25, 0.3) is 0 Å². The van der Waals surface area contributed by atoms with Crippen molar-refractivity contribution in [1.29, 1.82) is 0 Å². The van der Waals surface area contributed by atoms with Gasteiger partial charge in [0.15, 0.2) is 6.35 Å². The highest BCUT2D eigenvalue weighted by Crippen LogP contribution is 2.32. The van der Waals surface area contributed by atoms with Gasteiger partial charge < -0.3 is 9.84 Å². The van der Waals surface area contributed by atoms with Crippen molar-refractivity contribution in [2.75, 3.05) is 13.7 Å². The van der Waals surface area contributed by atoms with Crippen molar-refractivity contribution in [3.8, 4) is 5.75 Å². The molecule has 1 aliphatic carbocycles. The molecule has 2 aliphatic rings. The fourth-order valence-electron chi connectivity index (χ4n) is 3.30. The van der Waals surface area contributed by atoms with E-state index in [9.17, 15) is 9.90 Å². The third-order valence-electron chi connectivity index (χ3n) is 4.60. The molecule has 5 nitrogen and oxygen atoms in total. The lowest BCUT2D eigenvalue weighted by molar-refractivity contribution is -0.121. The summed E-state index contributed by atoms with van der Waals surface area (Å²) in [5, 5.41) is 13.5. The van der Waals surface area contributed by atoms with Crippen LogP contribution in [0.2, 0.25) is 0 Å². The molecule has 2 N–H and O–H groups in total. The Balaban J connectivity index is 1.64. The van der Waals surface area contributed by atoms with E-state index >= 15 is 0 Å². The van der Waals surface area contributed by atoms with Crippen molar-refractivity contribution in [3.05, 3.63) is 29.8 Å². The molecule has 114 valence electrons. The van der Waals surface area contributed by atoms with Gasteiger partial charge in [0.2, 0.25) is 0 Å². The number of aliphatic hydroxyl groups is 1. The second-order valence-corrected chi connectivity index (χ2v) is 6.09. The quantitative estimate of drug-likeness (QED) is 0.877. The van der Waals surface area contributed by atoms with Gasteiger partial charge in [0, 0.05) is 31.5 Å². The van der Waals surface area contributed by atoms with Gasteiger partial charge in [0.25, 0.3) is 0 Å². The van der Waals surface area contributed by atoms with Crippen LogP contribution >= 0.6 is 0 Å². The van der Waals surface area contributed by atoms with E-state index in [0.29, 0.717) is 25.2 Å². The highest BCUT2D eigenvalue weighted by molar-refractivity contribution is 5.79. The van der Waals surface area contributed by atoms with Crippen LogP contribution in [0.5, 0.6) is 5.75 Å². The first-order valence-corrected chi connectivity index (χ1v) is 7.45. The number of hydrogen-bond acceptors (Lipinski definition) is 5. The number of nitrogens with zero attached hydrogens (tertiary/aromatic N) is 1. The molecule has 1 saturated carbocycles. The number of Topliss-reactive ketones (excluding diaryl/α,β-unsaturated/α-hetero) is 1. The fraction of sp³-hybridized carbons (Fsp3) is 0.562. The third-order valence-corrected chi connectivity index (χ3v) is 4.60. The van der Waals surface area contributed by atoms with E-state index in [1.54, 1.807) is 7.11 Å². The standard InChI is InChI=1S/C16H22N2O3/c1-21-14-4-2-12(3-5-14)10-18-11-16(17-15(18)20)8-6-13(19)7-9-16/h2-5,15,17,20H,6-11H2,1H3. The minimum Gasteiger partial charge on any atom is -0.497 e. The Morgan fingerprint density at radius 3 is 2.62 bits per heavy atom. The molecule has 0 aromatic heterocycles. The highest BCUT2D eigenvalue weighted by atomic mass is 16.5. The van der Waals surface area contributed by atoms with E-state index in [2.05, 4.69) is 5.32 Å². The fourth-order valence-corrected chi connectivity index (χ4v) is 3.30. The first-order chi connectivity index (χ1) is 10.1. The smallest absolute Gasteiger partial charge is 0.163 e. The van der Waals surface area contributed by atoms with E-state index in [1.807, 2.05) is 29.2 Å². The van der Waals surface area contributed by atoms with Gasteiger partial charge in [-0.2, -0.15) is 0 Å². The zero-order valence-electron chi connectivity index (χ0n) is 12.3. The largest absolute Gasteiger partial charge is 0.497 e. The normalized spacial score (nSPS) is 25.4. The second-order valence-electron chi connectivity index (χ2n) is 6.09. The molecule has 1 atom stereocenters. The summed E-state index contributed by atoms with van der Waals surface area (Å²) in [4.78, 5) is 13.4. The van der Waals surface area contributed by atoms with E-state index in [0.717, 1.165) is 30.7 Å². The molecule has 1 aromatic rings. The van der Waals surface area contributed by atoms with Gasteiger partial charge >= 0.3 is 0 Å². The molecule has 5 heteroatoms. The SMILES string of the molecule is COc1ccc(CN2CC3(CCC(=O)CC3)NC2O)cc1. The molecule has 0 amide bonds. The predicted molar refractivity (Wildman–Crippen MR) is 78.8 cm³/mol. The number of methoxy groups -OCH3 is 1. The van der Waals surface area contributed by atoms with E-state index < -0.39 is 6.35 Å². The lowest BCUT2D eigenvalue weighted by Crippen LogP contribution is -2.47. The second kappa shape index (κ2) is 5.75. The number of ether oxygens (including phenoxy) is 1. The highest BCUT2D eigenvalue weighted by Gasteiger charge is 2.44. The summed E-state index contributed by atoms with van der Waals surface area (Å²) in [6.45, 7) is 1.47. The third kappa shape index (κ3) is 3.10. The molecule has 1 unspecified atom stereocenters. The number of carbonyl (C=O) groups excluding carboxylic acids is 1. The molecule has 1 aliphatic heterocycles. The van der Waals surface area contributed by atoms with Crippen LogP contribution in [0.1, 0.15) is 31.2 Å². The Morgan fingerprint density at radius 2 is 2.00 bits per heavy atom. The summed E-state index contributed by atoms with van der Waals surface area (Å²) >= 11 is 0. The number of carbonyl (C=O) groups is 1. The number of rotatable bonds is 3. The van der Waals surface area contributed by atoms with Crippen molar-refractivity contribution in [2.45, 2.75) is 44.1 Å². The maximum atomic E-state index is 11.4. The number of nitrogens with one attached hydrogen (secondary N) is 1. The van der Waals surface area contributed by atoms with Crippen molar-refractivity contribution < 1.29 is 14.6 Å². The van der Waals surface area contributed by atoms with Gasteiger partial charge in [0.05, 0.1) is 7.11 Å². The monoisotopic (exact) mass is 290 g/mol. The minimum atomic E-state index is -0.639. The molecule has 2 fully saturated rings. The maximum Gasteiger partial charge on any atom is 0.163 e. The minimum absolute atomic E-state index is 0.0974.